The fourth-order valence-electron chi connectivity index (χ4n) is 2.53. The first kappa shape index (κ1) is 15.6. The normalized spacial score (nSPS) is 23.1. The molecule has 0 amide bonds. The van der Waals surface area contributed by atoms with Crippen LogP contribution in [0.2, 0.25) is 0 Å². The van der Waals surface area contributed by atoms with Gasteiger partial charge in [0.2, 0.25) is 0 Å². The monoisotopic (exact) mass is 351 g/mol. The van der Waals surface area contributed by atoms with Crippen molar-refractivity contribution in [3.8, 4) is 0 Å². The summed E-state index contributed by atoms with van der Waals surface area (Å²) in [6.07, 6.45) is -2.43. The summed E-state index contributed by atoms with van der Waals surface area (Å²) in [5.41, 5.74) is -0.513. The maximum atomic E-state index is 12.9. The molecule has 1 N–H and O–H groups in total. The fourth-order valence-corrected chi connectivity index (χ4v) is 2.89. The van der Waals surface area contributed by atoms with Gasteiger partial charge in [-0.3, -0.25) is 0 Å². The van der Waals surface area contributed by atoms with E-state index in [1.54, 1.807) is 0 Å². The van der Waals surface area contributed by atoms with Crippen molar-refractivity contribution < 1.29 is 17.9 Å². The van der Waals surface area contributed by atoms with Gasteiger partial charge in [-0.2, -0.15) is 13.2 Å². The van der Waals surface area contributed by atoms with Gasteiger partial charge in [-0.1, -0.05) is 22.9 Å². The number of hydrogen-bond donors (Lipinski definition) is 1. The van der Waals surface area contributed by atoms with E-state index in [-0.39, 0.29) is 17.7 Å². The molecule has 20 heavy (non-hydrogen) atoms. The van der Waals surface area contributed by atoms with Crippen LogP contribution < -0.4 is 5.32 Å². The highest BCUT2D eigenvalue weighted by Gasteiger charge is 2.34. The van der Waals surface area contributed by atoms with E-state index < -0.39 is 11.7 Å². The molecule has 1 aliphatic rings. The Kier molecular flexibility index (Phi) is 4.96. The van der Waals surface area contributed by atoms with Crippen molar-refractivity contribution in [3.05, 3.63) is 28.2 Å². The lowest BCUT2D eigenvalue weighted by Crippen LogP contribution is -2.23. The molecule has 6 heteroatoms. The van der Waals surface area contributed by atoms with Crippen LogP contribution in [-0.4, -0.2) is 19.3 Å². The molecule has 0 aliphatic carbocycles. The molecule has 112 valence electrons. The predicted molar refractivity (Wildman–Crippen MR) is 75.8 cm³/mol. The molecule has 1 saturated heterocycles. The van der Waals surface area contributed by atoms with Crippen LogP contribution in [0.15, 0.2) is 22.7 Å². The van der Waals surface area contributed by atoms with Gasteiger partial charge in [0.25, 0.3) is 0 Å². The van der Waals surface area contributed by atoms with Gasteiger partial charge in [0, 0.05) is 29.2 Å². The number of ether oxygens (including phenoxy) is 1. The fraction of sp³-hybridized carbons (Fsp3) is 0.571. The van der Waals surface area contributed by atoms with Crippen LogP contribution in [0.25, 0.3) is 0 Å². The van der Waals surface area contributed by atoms with Crippen LogP contribution in [-0.2, 0) is 10.9 Å². The quantitative estimate of drug-likeness (QED) is 0.849. The largest absolute Gasteiger partial charge is 0.418 e. The topological polar surface area (TPSA) is 21.3 Å². The first-order valence-corrected chi connectivity index (χ1v) is 7.43. The summed E-state index contributed by atoms with van der Waals surface area (Å²) in [5, 5.41) is 2.94. The van der Waals surface area contributed by atoms with E-state index in [9.17, 15) is 13.2 Å². The highest BCUT2D eigenvalue weighted by atomic mass is 79.9. The summed E-state index contributed by atoms with van der Waals surface area (Å²) < 4.78 is 45.0. The molecule has 1 aromatic rings. The van der Waals surface area contributed by atoms with E-state index in [4.69, 9.17) is 4.74 Å². The summed E-state index contributed by atoms with van der Waals surface area (Å²) in [6, 6.07) is 3.97. The number of alkyl halides is 3. The van der Waals surface area contributed by atoms with Crippen LogP contribution in [0.5, 0.6) is 0 Å². The second kappa shape index (κ2) is 6.35. The number of benzene rings is 1. The first-order valence-electron chi connectivity index (χ1n) is 6.64. The zero-order valence-electron chi connectivity index (χ0n) is 11.1. The number of halogens is 4. The molecule has 1 fully saturated rings. The molecule has 0 bridgehead atoms. The molecule has 0 spiro atoms. The van der Waals surface area contributed by atoms with E-state index in [1.807, 2.05) is 6.92 Å². The van der Waals surface area contributed by atoms with E-state index in [2.05, 4.69) is 21.2 Å². The van der Waals surface area contributed by atoms with Crippen molar-refractivity contribution in [2.45, 2.75) is 32.0 Å². The Morgan fingerprint density at radius 2 is 2.15 bits per heavy atom. The highest BCUT2D eigenvalue weighted by molar-refractivity contribution is 9.10. The van der Waals surface area contributed by atoms with Gasteiger partial charge in [0.05, 0.1) is 11.7 Å². The number of anilines is 1. The van der Waals surface area contributed by atoms with Crippen LogP contribution in [0, 0.1) is 5.92 Å². The Labute approximate surface area is 124 Å². The lowest BCUT2D eigenvalue weighted by Gasteiger charge is -2.20. The van der Waals surface area contributed by atoms with Crippen molar-refractivity contribution in [3.63, 3.8) is 0 Å². The average Bonchev–Trinajstić information content (AvgIpc) is 2.82. The van der Waals surface area contributed by atoms with Crippen molar-refractivity contribution in [2.75, 3.05) is 18.5 Å². The molecule has 2 rings (SSSR count). The van der Waals surface area contributed by atoms with E-state index >= 15 is 0 Å². The Bertz CT molecular complexity index is 464. The summed E-state index contributed by atoms with van der Waals surface area (Å²) >= 11 is 3.21. The van der Waals surface area contributed by atoms with E-state index in [0.29, 0.717) is 17.6 Å². The minimum atomic E-state index is -4.35. The lowest BCUT2D eigenvalue weighted by atomic mass is 9.99. The third kappa shape index (κ3) is 3.67. The summed E-state index contributed by atoms with van der Waals surface area (Å²) in [4.78, 5) is 0. The SMILES string of the molecule is CCC1OCCC1CNc1cc(Br)ccc1C(F)(F)F. The van der Waals surface area contributed by atoms with Crippen molar-refractivity contribution in [1.29, 1.82) is 0 Å². The molecule has 0 aromatic heterocycles. The standard InChI is InChI=1S/C14H17BrF3NO/c1-2-13-9(5-6-20-13)8-19-12-7-10(15)3-4-11(12)14(16,17)18/h3-4,7,9,13,19H,2,5-6,8H2,1H3. The Morgan fingerprint density at radius 3 is 2.80 bits per heavy atom. The molecular weight excluding hydrogens is 335 g/mol. The van der Waals surface area contributed by atoms with Crippen molar-refractivity contribution in [1.82, 2.24) is 0 Å². The molecule has 2 nitrogen and oxygen atoms in total. The smallest absolute Gasteiger partial charge is 0.384 e. The maximum absolute atomic E-state index is 12.9. The molecule has 0 radical (unpaired) electrons. The minimum absolute atomic E-state index is 0.119. The van der Waals surface area contributed by atoms with Gasteiger partial charge < -0.3 is 10.1 Å². The molecule has 2 unspecified atom stereocenters. The summed E-state index contributed by atoms with van der Waals surface area (Å²) in [7, 11) is 0. The molecule has 1 aliphatic heterocycles. The lowest BCUT2D eigenvalue weighted by molar-refractivity contribution is -0.137. The third-order valence-electron chi connectivity index (χ3n) is 3.59. The minimum Gasteiger partial charge on any atom is -0.384 e. The zero-order valence-corrected chi connectivity index (χ0v) is 12.7. The van der Waals surface area contributed by atoms with Gasteiger partial charge in [-0.05, 0) is 31.0 Å². The summed E-state index contributed by atoms with van der Waals surface area (Å²) in [5.74, 6) is 0.264. The Hall–Kier alpha value is -0.750. The first-order chi connectivity index (χ1) is 9.41. The number of hydrogen-bond acceptors (Lipinski definition) is 2. The van der Waals surface area contributed by atoms with Crippen LogP contribution >= 0.6 is 15.9 Å². The van der Waals surface area contributed by atoms with E-state index in [0.717, 1.165) is 18.9 Å². The Morgan fingerprint density at radius 1 is 1.40 bits per heavy atom. The maximum Gasteiger partial charge on any atom is 0.418 e. The predicted octanol–water partition coefficient (Wildman–Crippen LogP) is 4.69. The number of rotatable bonds is 4. The summed E-state index contributed by atoms with van der Waals surface area (Å²) in [6.45, 7) is 3.22. The van der Waals surface area contributed by atoms with Gasteiger partial charge in [0.1, 0.15) is 0 Å². The molecule has 2 atom stereocenters. The molecule has 1 heterocycles. The van der Waals surface area contributed by atoms with Gasteiger partial charge in [0.15, 0.2) is 0 Å². The van der Waals surface area contributed by atoms with Crippen LogP contribution in [0.3, 0.4) is 0 Å². The van der Waals surface area contributed by atoms with E-state index in [1.165, 1.54) is 12.1 Å². The zero-order chi connectivity index (χ0) is 14.8. The molecule has 0 saturated carbocycles. The second-order valence-corrected chi connectivity index (χ2v) is 5.85. The Balaban J connectivity index is 2.10. The molecule has 1 aromatic carbocycles. The number of nitrogens with one attached hydrogen (secondary N) is 1. The van der Waals surface area contributed by atoms with Gasteiger partial charge in [-0.15, -0.1) is 0 Å². The van der Waals surface area contributed by atoms with Crippen molar-refractivity contribution >= 4 is 21.6 Å². The second-order valence-electron chi connectivity index (χ2n) is 4.93. The van der Waals surface area contributed by atoms with Gasteiger partial charge >= 0.3 is 6.18 Å². The third-order valence-corrected chi connectivity index (χ3v) is 4.08. The van der Waals surface area contributed by atoms with Gasteiger partial charge in [-0.25, -0.2) is 0 Å². The van der Waals surface area contributed by atoms with Crippen LogP contribution in [0.1, 0.15) is 25.3 Å². The van der Waals surface area contributed by atoms with Crippen LogP contribution in [0.4, 0.5) is 18.9 Å². The average molecular weight is 352 g/mol. The van der Waals surface area contributed by atoms with Crippen molar-refractivity contribution in [2.24, 2.45) is 5.92 Å². The molecular formula is C14H17BrF3NO. The highest BCUT2D eigenvalue weighted by Crippen LogP contribution is 2.36.